The molecule has 0 unspecified atom stereocenters. The van der Waals surface area contributed by atoms with Gasteiger partial charge in [0.25, 0.3) is 0 Å². The number of aliphatic hydroxyl groups is 4. The number of benzene rings is 1. The van der Waals surface area contributed by atoms with Crippen molar-refractivity contribution in [2.75, 3.05) is 26.3 Å². The van der Waals surface area contributed by atoms with Crippen LogP contribution in [0.3, 0.4) is 0 Å². The molecule has 1 aliphatic heterocycles. The molecule has 2 aromatic rings. The Kier molecular flexibility index (Phi) is 41.9. The summed E-state index contributed by atoms with van der Waals surface area (Å²) in [5.41, 5.74) is 18.1. The van der Waals surface area contributed by atoms with Crippen LogP contribution in [0.4, 0.5) is 0 Å². The zero-order valence-corrected chi connectivity index (χ0v) is 67.9. The van der Waals surface area contributed by atoms with Gasteiger partial charge in [-0.25, -0.2) is 9.78 Å². The van der Waals surface area contributed by atoms with Crippen LogP contribution in [0.25, 0.3) is 0 Å². The van der Waals surface area contributed by atoms with Gasteiger partial charge < -0.3 is 132 Å². The van der Waals surface area contributed by atoms with Crippen LogP contribution in [0.1, 0.15) is 152 Å². The van der Waals surface area contributed by atoms with Crippen molar-refractivity contribution in [3.05, 3.63) is 48.0 Å². The predicted molar refractivity (Wildman–Crippen MR) is 418 cm³/mol. The molecule has 1 aliphatic rings. The Morgan fingerprint density at radius 2 is 0.957 bits per heavy atom. The fraction of sp³-hybridized carbons (Fsp3) is 0.649. The lowest BCUT2D eigenvalue weighted by Gasteiger charge is -2.30. The van der Waals surface area contributed by atoms with Gasteiger partial charge in [-0.05, 0) is 114 Å². The van der Waals surface area contributed by atoms with Gasteiger partial charge in [-0.3, -0.25) is 76.9 Å². The normalized spacial score (nSPS) is 17.2. The predicted octanol–water partition coefficient (Wildman–Crippen LogP) is -6.90. The second-order valence-corrected chi connectivity index (χ2v) is 30.0. The molecule has 1 saturated heterocycles. The molecule has 0 spiro atoms. The Balaban J connectivity index is 1.81. The van der Waals surface area contributed by atoms with Crippen LogP contribution < -0.4 is 86.3 Å². The van der Waals surface area contributed by atoms with Gasteiger partial charge in [0, 0.05) is 31.4 Å². The van der Waals surface area contributed by atoms with E-state index in [0.29, 0.717) is 17.7 Å². The maximum atomic E-state index is 14.4. The molecule has 0 saturated carbocycles. The first-order valence-electron chi connectivity index (χ1n) is 38.7. The van der Waals surface area contributed by atoms with Gasteiger partial charge in [-0.1, -0.05) is 80.4 Å². The number of carbonyl (C=O) groups is 16. The summed E-state index contributed by atoms with van der Waals surface area (Å²) in [6, 6.07) is -17.4. The van der Waals surface area contributed by atoms with E-state index in [2.05, 4.69) is 84.1 Å². The third kappa shape index (κ3) is 33.2. The van der Waals surface area contributed by atoms with Crippen LogP contribution in [0.2, 0.25) is 0 Å². The van der Waals surface area contributed by atoms with E-state index >= 15 is 0 Å². The van der Waals surface area contributed by atoms with E-state index < -0.39 is 235 Å². The highest BCUT2D eigenvalue weighted by molar-refractivity contribution is 6.01. The molecule has 14 amide bonds. The molecule has 0 radical (unpaired) electrons. The molecule has 654 valence electrons. The van der Waals surface area contributed by atoms with Gasteiger partial charge in [-0.2, -0.15) is 0 Å². The molecule has 2 heterocycles. The maximum Gasteiger partial charge on any atom is 0.328 e. The van der Waals surface area contributed by atoms with Gasteiger partial charge in [-0.15, -0.1) is 0 Å². The lowest BCUT2D eigenvalue weighted by Crippen LogP contribution is -2.62. The monoisotopic (exact) mass is 1660 g/mol. The topological polar surface area (TPSA) is 693 Å². The van der Waals surface area contributed by atoms with E-state index in [1.54, 1.807) is 67.5 Å². The number of phenols is 1. The number of aliphatic hydroxyl groups excluding tert-OH is 4. The molecule has 0 aliphatic carbocycles. The minimum atomic E-state index is -2.05. The lowest BCUT2D eigenvalue weighted by molar-refractivity contribution is -0.146. The smallest absolute Gasteiger partial charge is 0.328 e. The third-order valence-electron chi connectivity index (χ3n) is 19.3. The molecule has 0 bridgehead atoms. The molecule has 43 heteroatoms. The highest BCUT2D eigenvalue weighted by Gasteiger charge is 2.43. The van der Waals surface area contributed by atoms with E-state index in [-0.39, 0.29) is 88.5 Å². The Morgan fingerprint density at radius 1 is 0.521 bits per heavy atom. The molecule has 3 rings (SSSR count). The summed E-state index contributed by atoms with van der Waals surface area (Å²) in [5, 5.41) is 102. The minimum Gasteiger partial charge on any atom is -0.508 e. The Bertz CT molecular complexity index is 3730. The van der Waals surface area contributed by atoms with E-state index in [1.807, 2.05) is 0 Å². The third-order valence-corrected chi connectivity index (χ3v) is 19.3. The summed E-state index contributed by atoms with van der Waals surface area (Å²) in [5.74, 6) is -19.5. The summed E-state index contributed by atoms with van der Waals surface area (Å²) in [6.45, 7) is 15.8. The molecule has 43 nitrogen and oxygen atoms in total. The number of nitrogens with one attached hydrogen (secondary N) is 14. The maximum absolute atomic E-state index is 14.4. The number of rotatable bonds is 50. The first kappa shape index (κ1) is 100. The number of aromatic nitrogens is 2. The zero-order valence-electron chi connectivity index (χ0n) is 67.9. The second kappa shape index (κ2) is 49.0. The van der Waals surface area contributed by atoms with Crippen LogP contribution >= 0.6 is 0 Å². The summed E-state index contributed by atoms with van der Waals surface area (Å²) in [6.07, 6.45) is -1.63. The van der Waals surface area contributed by atoms with E-state index in [1.165, 1.54) is 38.5 Å². The zero-order chi connectivity index (χ0) is 88.4. The summed E-state index contributed by atoms with van der Waals surface area (Å²) < 4.78 is 0. The first-order chi connectivity index (χ1) is 54.9. The molecule has 117 heavy (non-hydrogen) atoms. The number of phenolic OH excluding ortho intramolecular Hbond substituents is 1. The highest BCUT2D eigenvalue weighted by Crippen LogP contribution is 2.21. The number of carboxylic acid groups (broad SMARTS) is 2. The van der Waals surface area contributed by atoms with Crippen LogP contribution in [0.5, 0.6) is 5.75 Å². The van der Waals surface area contributed by atoms with Crippen LogP contribution in [-0.2, 0) is 89.6 Å². The number of H-pyrrole nitrogens is 1. The Morgan fingerprint density at radius 3 is 1.44 bits per heavy atom. The summed E-state index contributed by atoms with van der Waals surface area (Å²) in [4.78, 5) is 231. The summed E-state index contributed by atoms with van der Waals surface area (Å²) >= 11 is 0. The number of hydrogen-bond donors (Lipinski definition) is 24. The number of aromatic hydroxyl groups is 1. The van der Waals surface area contributed by atoms with Gasteiger partial charge >= 0.3 is 11.9 Å². The number of nitrogens with zero attached hydrogens (tertiary/aromatic N) is 3. The molecule has 1 aromatic heterocycles. The number of carboxylic acids is 2. The SMILES string of the molecule is CC[C@H](C)[C@H](NC(=O)[C@H](CC(C)C)NC(=O)[C@H](Cc1cnc[nH]1)NC(=O)[C@H](C)NC(=O)[C@H](CC(C)C)NC(=O)[C@H](CC(=O)O)NC(=O)[C@H](CO)NC(=O)[C@H](CCCN=C(N)N)NC(=O)[C@@H]1CCCN1C(=O)[C@H](CO)NC(=O)[C@H](C)NC(=O)[C@@H](NC(=O)[C@@H](N)Cc1ccc(O)cc1)[C@@H](C)CC)C(=O)N[C@H](C(=O)N[C@H](C(=O)O)[C@@H](C)O)[C@@H](C)O. The van der Waals surface area contributed by atoms with E-state index in [4.69, 9.17) is 17.2 Å². The van der Waals surface area contributed by atoms with Crippen molar-refractivity contribution in [3.8, 4) is 5.75 Å². The number of aliphatic carboxylic acids is 2. The fourth-order valence-electron chi connectivity index (χ4n) is 12.1. The van der Waals surface area contributed by atoms with Crippen molar-refractivity contribution >= 4 is 101 Å². The molecular weight excluding hydrogens is 1540 g/mol. The standard InChI is InChI=1S/C74H120N20O23/c1-13-36(7)55(90-61(104)45(75)27-42-19-21-44(99)22-20-42)69(112)82-39(10)60(103)89-52(32-96)72(115)94-24-16-18-53(94)68(111)83-46(17-15-23-79-74(76)77)62(105)88-51(31-95)67(110)87-50(29-54(100)101)65(108)85-47(25-34(3)4)63(106)81-38(9)59(102)84-49(28-43-30-78-33-80-43)64(107)86-48(26-35(5)6)66(109)91-56(37(8)14-2)70(113)92-57(40(11)97)71(114)93-58(41(12)98)73(116)117/h19-22,30,33-41,45-53,55-58,95-99H,13-18,23-29,31-32,75H2,1-12H3,(H,78,80)(H,81,106)(H,82,112)(H,83,111)(H,84,102)(H,85,108)(H,86,107)(H,87,110)(H,88,105)(H,89,103)(H,90,104)(H,91,109)(H,92,113)(H,93,114)(H,100,101)(H,116,117)(H4,76,77,79)/t36-,37-,38-,39-,40+,41+,45-,46-,47-,48-,49-,50-,51-,52-,53-,55-,56-,57-,58-/m0/s1. The quantitative estimate of drug-likeness (QED) is 0.0166. The molecule has 1 fully saturated rings. The number of guanidine groups is 1. The lowest BCUT2D eigenvalue weighted by atomic mass is 9.96. The van der Waals surface area contributed by atoms with Gasteiger partial charge in [0.05, 0.1) is 44.2 Å². The van der Waals surface area contributed by atoms with Gasteiger partial charge in [0.15, 0.2) is 12.0 Å². The van der Waals surface area contributed by atoms with Crippen LogP contribution in [0.15, 0.2) is 41.8 Å². The number of aliphatic imine (C=N–C) groups is 1. The number of imidazole rings is 1. The highest BCUT2D eigenvalue weighted by atomic mass is 16.4. The minimum absolute atomic E-state index is 0.00711. The fourth-order valence-corrected chi connectivity index (χ4v) is 12.1. The van der Waals surface area contributed by atoms with Crippen LogP contribution in [-0.4, -0.2) is 280 Å². The van der Waals surface area contributed by atoms with Crippen molar-refractivity contribution < 1.29 is 112 Å². The van der Waals surface area contributed by atoms with Crippen molar-refractivity contribution in [1.29, 1.82) is 0 Å². The van der Waals surface area contributed by atoms with Crippen molar-refractivity contribution in [2.24, 2.45) is 45.9 Å². The number of hydrogen-bond acceptors (Lipinski definition) is 24. The second-order valence-electron chi connectivity index (χ2n) is 30.0. The number of carbonyl (C=O) groups excluding carboxylic acids is 14. The molecular formula is C74H120N20O23. The van der Waals surface area contributed by atoms with Gasteiger partial charge in [0.2, 0.25) is 82.7 Å². The average Bonchev–Trinajstić information content (AvgIpc) is 1.78. The van der Waals surface area contributed by atoms with Gasteiger partial charge in [0.1, 0.15) is 84.3 Å². The average molecular weight is 1660 g/mol. The number of nitrogens with two attached hydrogens (primary N) is 3. The van der Waals surface area contributed by atoms with E-state index in [0.717, 1.165) is 18.7 Å². The van der Waals surface area contributed by atoms with E-state index in [9.17, 15) is 112 Å². The summed E-state index contributed by atoms with van der Waals surface area (Å²) in [7, 11) is 0. The van der Waals surface area contributed by atoms with Crippen molar-refractivity contribution in [3.63, 3.8) is 0 Å². The van der Waals surface area contributed by atoms with Crippen LogP contribution in [0, 0.1) is 23.7 Å². The number of aromatic amines is 1. The number of amides is 14. The molecule has 19 atom stereocenters. The molecule has 1 aromatic carbocycles. The largest absolute Gasteiger partial charge is 0.508 e. The van der Waals surface area contributed by atoms with Crippen molar-refractivity contribution in [2.45, 2.75) is 257 Å². The Hall–Kier alpha value is -11.2. The Labute approximate surface area is 677 Å². The number of likely N-dealkylation sites (tertiary alicyclic amines) is 1. The first-order valence-corrected chi connectivity index (χ1v) is 38.7. The van der Waals surface area contributed by atoms with Crippen molar-refractivity contribution in [1.82, 2.24) is 84.0 Å². The molecule has 27 N–H and O–H groups in total.